The minimum Gasteiger partial charge on any atom is -0.354 e. The second-order valence-electron chi connectivity index (χ2n) is 5.03. The van der Waals surface area contributed by atoms with E-state index in [2.05, 4.69) is 26.1 Å². The number of unbranched alkanes of at least 4 members (excludes halogenated alkanes) is 3. The molecule has 0 spiro atoms. The Kier molecular flexibility index (Phi) is 10.2. The molecule has 0 saturated carbocycles. The molecule has 17 heavy (non-hydrogen) atoms. The number of nitrogens with two attached hydrogens (primary N) is 1. The van der Waals surface area contributed by atoms with E-state index in [0.29, 0.717) is 24.9 Å². The van der Waals surface area contributed by atoms with Crippen LogP contribution in [0.2, 0.25) is 0 Å². The van der Waals surface area contributed by atoms with E-state index in [1.807, 2.05) is 0 Å². The summed E-state index contributed by atoms with van der Waals surface area (Å²) >= 11 is 0. The van der Waals surface area contributed by atoms with E-state index in [1.54, 1.807) is 0 Å². The van der Waals surface area contributed by atoms with E-state index in [-0.39, 0.29) is 5.91 Å². The van der Waals surface area contributed by atoms with Gasteiger partial charge in [0.1, 0.15) is 0 Å². The van der Waals surface area contributed by atoms with E-state index < -0.39 is 0 Å². The molecule has 0 aliphatic rings. The summed E-state index contributed by atoms with van der Waals surface area (Å²) < 4.78 is 0. The molecule has 0 fully saturated rings. The maximum absolute atomic E-state index is 11.7. The number of rotatable bonds is 10. The highest BCUT2D eigenvalue weighted by Gasteiger charge is 2.12. The minimum atomic E-state index is 0.158. The van der Waals surface area contributed by atoms with Crippen molar-refractivity contribution in [3.8, 4) is 0 Å². The van der Waals surface area contributed by atoms with Gasteiger partial charge in [-0.15, -0.1) is 0 Å². The molecule has 2 unspecified atom stereocenters. The number of carbonyl (C=O) groups excluding carboxylic acids is 1. The van der Waals surface area contributed by atoms with Crippen molar-refractivity contribution >= 4 is 5.91 Å². The summed E-state index contributed by atoms with van der Waals surface area (Å²) in [5, 5.41) is 3.06. The van der Waals surface area contributed by atoms with Crippen LogP contribution in [-0.4, -0.2) is 18.5 Å². The first-order valence-corrected chi connectivity index (χ1v) is 7.13. The average Bonchev–Trinajstić information content (AvgIpc) is 2.31. The Hall–Kier alpha value is -0.570. The molecule has 0 aliphatic carbocycles. The predicted octanol–water partition coefficient (Wildman–Crippen LogP) is 2.84. The normalized spacial score (nSPS) is 14.4. The second kappa shape index (κ2) is 10.6. The summed E-state index contributed by atoms with van der Waals surface area (Å²) in [5.74, 6) is 0.493. The molecule has 0 aromatic carbocycles. The van der Waals surface area contributed by atoms with Gasteiger partial charge in [-0.3, -0.25) is 4.79 Å². The van der Waals surface area contributed by atoms with Crippen molar-refractivity contribution in [1.82, 2.24) is 5.32 Å². The number of nitrogens with one attached hydrogen (secondary N) is 1. The van der Waals surface area contributed by atoms with Gasteiger partial charge in [-0.05, 0) is 25.8 Å². The first-order valence-electron chi connectivity index (χ1n) is 7.13. The van der Waals surface area contributed by atoms with Crippen molar-refractivity contribution in [1.29, 1.82) is 0 Å². The van der Waals surface area contributed by atoms with E-state index >= 15 is 0 Å². The monoisotopic (exact) mass is 242 g/mol. The van der Waals surface area contributed by atoms with E-state index in [1.165, 1.54) is 25.7 Å². The fourth-order valence-corrected chi connectivity index (χ4v) is 1.94. The van der Waals surface area contributed by atoms with Gasteiger partial charge in [-0.2, -0.15) is 0 Å². The van der Waals surface area contributed by atoms with Crippen LogP contribution in [0, 0.1) is 5.92 Å². The zero-order chi connectivity index (χ0) is 13.1. The summed E-state index contributed by atoms with van der Waals surface area (Å²) in [4.78, 5) is 11.7. The number of hydrogen-bond donors (Lipinski definition) is 2. The fraction of sp³-hybridized carbons (Fsp3) is 0.929. The van der Waals surface area contributed by atoms with Gasteiger partial charge in [0.05, 0.1) is 0 Å². The van der Waals surface area contributed by atoms with Crippen LogP contribution in [0.25, 0.3) is 0 Å². The summed E-state index contributed by atoms with van der Waals surface area (Å²) in [5.41, 5.74) is 5.60. The topological polar surface area (TPSA) is 55.1 Å². The summed E-state index contributed by atoms with van der Waals surface area (Å²) in [6, 6.07) is 0.301. The van der Waals surface area contributed by atoms with Crippen LogP contribution in [0.15, 0.2) is 0 Å². The van der Waals surface area contributed by atoms with Crippen LogP contribution < -0.4 is 11.1 Å². The largest absolute Gasteiger partial charge is 0.354 e. The van der Waals surface area contributed by atoms with Crippen molar-refractivity contribution in [3.63, 3.8) is 0 Å². The molecule has 2 atom stereocenters. The SMILES string of the molecule is CCCCCCC(C)NC(=O)CC(CC)CN. The molecule has 3 nitrogen and oxygen atoms in total. The van der Waals surface area contributed by atoms with E-state index in [4.69, 9.17) is 5.73 Å². The molecule has 0 rings (SSSR count). The van der Waals surface area contributed by atoms with Gasteiger partial charge >= 0.3 is 0 Å². The fourth-order valence-electron chi connectivity index (χ4n) is 1.94. The zero-order valence-corrected chi connectivity index (χ0v) is 11.8. The molecule has 0 saturated heterocycles. The van der Waals surface area contributed by atoms with Gasteiger partial charge in [0, 0.05) is 12.5 Å². The molecule has 0 aromatic rings. The molecule has 3 heteroatoms. The van der Waals surface area contributed by atoms with Crippen LogP contribution in [0.4, 0.5) is 0 Å². The molecular formula is C14H30N2O. The lowest BCUT2D eigenvalue weighted by Crippen LogP contribution is -2.34. The van der Waals surface area contributed by atoms with Crippen LogP contribution in [-0.2, 0) is 4.79 Å². The van der Waals surface area contributed by atoms with Crippen LogP contribution in [0.5, 0.6) is 0 Å². The highest BCUT2D eigenvalue weighted by atomic mass is 16.1. The van der Waals surface area contributed by atoms with Crippen molar-refractivity contribution < 1.29 is 4.79 Å². The minimum absolute atomic E-state index is 0.158. The molecule has 1 amide bonds. The Morgan fingerprint density at radius 3 is 2.47 bits per heavy atom. The Labute approximate surface area is 107 Å². The summed E-state index contributed by atoms with van der Waals surface area (Å²) in [7, 11) is 0. The van der Waals surface area contributed by atoms with Gasteiger partial charge in [-0.1, -0.05) is 46.0 Å². The third-order valence-electron chi connectivity index (χ3n) is 3.28. The van der Waals surface area contributed by atoms with Gasteiger partial charge in [0.2, 0.25) is 5.91 Å². The summed E-state index contributed by atoms with van der Waals surface area (Å²) in [6.07, 6.45) is 7.69. The molecule has 3 N–H and O–H groups in total. The predicted molar refractivity (Wildman–Crippen MR) is 73.8 cm³/mol. The number of carbonyl (C=O) groups is 1. The quantitative estimate of drug-likeness (QED) is 0.579. The van der Waals surface area contributed by atoms with Crippen LogP contribution in [0.3, 0.4) is 0 Å². The third-order valence-corrected chi connectivity index (χ3v) is 3.28. The maximum atomic E-state index is 11.7. The molecule has 0 aromatic heterocycles. The summed E-state index contributed by atoms with van der Waals surface area (Å²) in [6.45, 7) is 6.99. The van der Waals surface area contributed by atoms with Crippen molar-refractivity contribution in [2.75, 3.05) is 6.54 Å². The third kappa shape index (κ3) is 9.16. The molecule has 0 heterocycles. The molecule has 0 aliphatic heterocycles. The van der Waals surface area contributed by atoms with Gasteiger partial charge in [-0.25, -0.2) is 0 Å². The van der Waals surface area contributed by atoms with E-state index in [9.17, 15) is 4.79 Å². The lowest BCUT2D eigenvalue weighted by atomic mass is 10.0. The maximum Gasteiger partial charge on any atom is 0.220 e. The second-order valence-corrected chi connectivity index (χ2v) is 5.03. The van der Waals surface area contributed by atoms with Crippen LogP contribution >= 0.6 is 0 Å². The number of hydrogen-bond acceptors (Lipinski definition) is 2. The highest BCUT2D eigenvalue weighted by Crippen LogP contribution is 2.08. The lowest BCUT2D eigenvalue weighted by Gasteiger charge is -2.16. The van der Waals surface area contributed by atoms with Gasteiger partial charge < -0.3 is 11.1 Å². The Balaban J connectivity index is 3.64. The van der Waals surface area contributed by atoms with Crippen molar-refractivity contribution in [3.05, 3.63) is 0 Å². The van der Waals surface area contributed by atoms with Crippen molar-refractivity contribution in [2.24, 2.45) is 11.7 Å². The first-order chi connectivity index (χ1) is 8.13. The van der Waals surface area contributed by atoms with E-state index in [0.717, 1.165) is 12.8 Å². The van der Waals surface area contributed by atoms with Crippen LogP contribution in [0.1, 0.15) is 65.7 Å². The van der Waals surface area contributed by atoms with Gasteiger partial charge in [0.25, 0.3) is 0 Å². The lowest BCUT2D eigenvalue weighted by molar-refractivity contribution is -0.122. The highest BCUT2D eigenvalue weighted by molar-refractivity contribution is 5.76. The first kappa shape index (κ1) is 16.4. The van der Waals surface area contributed by atoms with Gasteiger partial charge in [0.15, 0.2) is 0 Å². The molecule has 102 valence electrons. The van der Waals surface area contributed by atoms with Crippen molar-refractivity contribution in [2.45, 2.75) is 71.8 Å². The Bertz CT molecular complexity index is 191. The Morgan fingerprint density at radius 2 is 1.94 bits per heavy atom. The molecule has 0 radical (unpaired) electrons. The molecular weight excluding hydrogens is 212 g/mol. The average molecular weight is 242 g/mol. The Morgan fingerprint density at radius 1 is 1.24 bits per heavy atom. The number of amides is 1. The standard InChI is InChI=1S/C14H30N2O/c1-4-6-7-8-9-12(3)16-14(17)10-13(5-2)11-15/h12-13H,4-11,15H2,1-3H3,(H,16,17). The zero-order valence-electron chi connectivity index (χ0n) is 11.8. The smallest absolute Gasteiger partial charge is 0.220 e. The molecule has 0 bridgehead atoms.